The topological polar surface area (TPSA) is 141 Å². The maximum atomic E-state index is 13.3. The highest BCUT2D eigenvalue weighted by atomic mass is 16.6. The van der Waals surface area contributed by atoms with Gasteiger partial charge in [-0.15, -0.1) is 0 Å². The summed E-state index contributed by atoms with van der Waals surface area (Å²) in [6, 6.07) is 11.1. The zero-order valence-electron chi connectivity index (χ0n) is 24.9. The molecule has 5 rings (SSSR count). The zero-order valence-corrected chi connectivity index (χ0v) is 24.9. The molecule has 11 nitrogen and oxygen atoms in total. The van der Waals surface area contributed by atoms with Crippen molar-refractivity contribution >= 4 is 24.1 Å². The summed E-state index contributed by atoms with van der Waals surface area (Å²) in [4.78, 5) is 37.5. The fourth-order valence-electron chi connectivity index (χ4n) is 5.85. The predicted molar refractivity (Wildman–Crippen MR) is 159 cm³/mol. The van der Waals surface area contributed by atoms with Crippen molar-refractivity contribution in [1.29, 1.82) is 0 Å². The third kappa shape index (κ3) is 6.93. The van der Waals surface area contributed by atoms with E-state index in [-0.39, 0.29) is 30.6 Å². The molecule has 3 aromatic rings. The lowest BCUT2D eigenvalue weighted by Crippen LogP contribution is -2.33. The van der Waals surface area contributed by atoms with Crippen LogP contribution in [-0.4, -0.2) is 54.8 Å². The van der Waals surface area contributed by atoms with Crippen molar-refractivity contribution in [1.82, 2.24) is 15.5 Å². The second-order valence-corrected chi connectivity index (χ2v) is 11.3. The molecular formula is C32H38N4O7. The molecule has 3 N–H and O–H groups in total. The largest absolute Gasteiger partial charge is 0.497 e. The van der Waals surface area contributed by atoms with Gasteiger partial charge in [-0.05, 0) is 74.8 Å². The van der Waals surface area contributed by atoms with Crippen LogP contribution in [0.2, 0.25) is 0 Å². The Hall–Kier alpha value is -4.54. The summed E-state index contributed by atoms with van der Waals surface area (Å²) in [7, 11) is 3.18. The molecule has 0 bridgehead atoms. The summed E-state index contributed by atoms with van der Waals surface area (Å²) in [5, 5.41) is 13.0. The first-order valence-electron chi connectivity index (χ1n) is 14.5. The van der Waals surface area contributed by atoms with Crippen molar-refractivity contribution in [2.75, 3.05) is 19.5 Å². The van der Waals surface area contributed by atoms with E-state index < -0.39 is 12.0 Å². The number of hydrogen-bond acceptors (Lipinski definition) is 8. The van der Waals surface area contributed by atoms with E-state index in [2.05, 4.69) is 20.8 Å². The third-order valence-electron chi connectivity index (χ3n) is 8.03. The van der Waals surface area contributed by atoms with Crippen LogP contribution >= 0.6 is 0 Å². The van der Waals surface area contributed by atoms with E-state index in [4.69, 9.17) is 18.9 Å². The van der Waals surface area contributed by atoms with E-state index in [0.29, 0.717) is 42.1 Å². The Labute approximate surface area is 250 Å². The van der Waals surface area contributed by atoms with Gasteiger partial charge < -0.3 is 29.6 Å². The molecule has 0 aliphatic heterocycles. The van der Waals surface area contributed by atoms with Crippen LogP contribution in [0.1, 0.15) is 71.8 Å². The molecule has 2 aliphatic rings. The molecule has 2 aliphatic carbocycles. The first kappa shape index (κ1) is 29.9. The molecule has 0 saturated heterocycles. The van der Waals surface area contributed by atoms with Gasteiger partial charge >= 0.3 is 6.09 Å². The van der Waals surface area contributed by atoms with Gasteiger partial charge in [0.05, 0.1) is 19.8 Å². The number of aldehydes is 1. The Morgan fingerprint density at radius 2 is 1.81 bits per heavy atom. The smallest absolute Gasteiger partial charge is 0.407 e. The van der Waals surface area contributed by atoms with Crippen LogP contribution in [0.3, 0.4) is 0 Å². The lowest BCUT2D eigenvalue weighted by atomic mass is 10.0. The third-order valence-corrected chi connectivity index (χ3v) is 8.03. The van der Waals surface area contributed by atoms with Gasteiger partial charge in [-0.1, -0.05) is 12.1 Å². The first-order chi connectivity index (χ1) is 20.8. The number of amides is 2. The van der Waals surface area contributed by atoms with Crippen molar-refractivity contribution in [3.63, 3.8) is 0 Å². The van der Waals surface area contributed by atoms with Crippen molar-refractivity contribution < 1.29 is 33.3 Å². The molecule has 0 spiro atoms. The number of fused-ring (bicyclic) bond motifs is 1. The van der Waals surface area contributed by atoms with Crippen LogP contribution in [0.5, 0.6) is 17.2 Å². The van der Waals surface area contributed by atoms with Gasteiger partial charge in [0.15, 0.2) is 12.1 Å². The highest BCUT2D eigenvalue weighted by molar-refractivity contribution is 5.94. The van der Waals surface area contributed by atoms with Gasteiger partial charge in [0, 0.05) is 35.7 Å². The number of carbonyl (C=O) groups excluding carboxylic acids is 3. The van der Waals surface area contributed by atoms with E-state index in [9.17, 15) is 14.4 Å². The van der Waals surface area contributed by atoms with E-state index in [1.165, 1.54) is 0 Å². The lowest BCUT2D eigenvalue weighted by Gasteiger charge is -2.15. The zero-order chi connectivity index (χ0) is 30.5. The lowest BCUT2D eigenvalue weighted by molar-refractivity contribution is -0.119. The first-order valence-corrected chi connectivity index (χ1v) is 14.5. The second-order valence-electron chi connectivity index (χ2n) is 11.3. The molecule has 0 unspecified atom stereocenters. The molecule has 1 fully saturated rings. The molecule has 0 radical (unpaired) electrons. The van der Waals surface area contributed by atoms with Crippen molar-refractivity contribution in [3.05, 3.63) is 64.3 Å². The number of methoxy groups -OCH3 is 2. The number of alkyl carbamates (subject to hydrolysis) is 1. The average Bonchev–Trinajstić information content (AvgIpc) is 3.75. The van der Waals surface area contributed by atoms with Crippen LogP contribution in [0.15, 0.2) is 36.4 Å². The Morgan fingerprint density at radius 1 is 1.05 bits per heavy atom. The average molecular weight is 591 g/mol. The molecule has 1 aromatic heterocycles. The molecule has 1 saturated carbocycles. The molecule has 43 heavy (non-hydrogen) atoms. The molecule has 2 aromatic carbocycles. The maximum Gasteiger partial charge on any atom is 0.407 e. The quantitative estimate of drug-likeness (QED) is 0.267. The van der Waals surface area contributed by atoms with Gasteiger partial charge in [-0.3, -0.25) is 14.7 Å². The Morgan fingerprint density at radius 3 is 2.51 bits per heavy atom. The highest BCUT2D eigenvalue weighted by Gasteiger charge is 2.34. The van der Waals surface area contributed by atoms with Gasteiger partial charge in [-0.25, -0.2) is 4.79 Å². The monoisotopic (exact) mass is 590 g/mol. The number of carbonyl (C=O) groups is 3. The number of hydrogen-bond donors (Lipinski definition) is 3. The fraction of sp³-hybridized carbons (Fsp3) is 0.438. The molecule has 1 heterocycles. The summed E-state index contributed by atoms with van der Waals surface area (Å²) < 4.78 is 22.4. The van der Waals surface area contributed by atoms with E-state index >= 15 is 0 Å². The Bertz CT molecular complexity index is 1470. The number of anilines is 1. The summed E-state index contributed by atoms with van der Waals surface area (Å²) in [5.74, 6) is 1.75. The van der Waals surface area contributed by atoms with Gasteiger partial charge in [0.25, 0.3) is 0 Å². The number of aromatic nitrogens is 2. The minimum atomic E-state index is -0.402. The number of ether oxygens (including phenoxy) is 4. The fourth-order valence-corrected chi connectivity index (χ4v) is 5.85. The molecule has 3 atom stereocenters. The molecule has 228 valence electrons. The standard InChI is InChI=1S/C32H38N4O7/c1-18(2)33-32(39)43-23-10-7-20(11-23)27-14-30(36-35-27)34-31(38)21-12-24-25(13-21)28(41-4)15-29(26(24)16-37)42-17-19-5-8-22(40-3)9-6-19/h5-6,8-9,14-16,18,20-21,23H,7,10-13,17H2,1-4H3,(H,33,39)(H2,34,35,36,38)/t20-,21-,23+/m0/s1. The number of H-pyrrole nitrogens is 1. The van der Waals surface area contributed by atoms with E-state index in [0.717, 1.165) is 47.3 Å². The van der Waals surface area contributed by atoms with Crippen molar-refractivity contribution in [2.24, 2.45) is 5.92 Å². The van der Waals surface area contributed by atoms with Crippen LogP contribution in [0.4, 0.5) is 10.6 Å². The number of benzene rings is 2. The number of nitrogens with one attached hydrogen (secondary N) is 3. The SMILES string of the molecule is COc1ccc(COc2cc(OC)c3c(c2C=O)C[C@H](C(=O)Nc2cc([C@H]4CC[C@@H](OC(=O)NC(C)C)C4)[nH]n2)C3)cc1. The molecular weight excluding hydrogens is 552 g/mol. The van der Waals surface area contributed by atoms with E-state index in [1.807, 2.05) is 44.2 Å². The van der Waals surface area contributed by atoms with Crippen LogP contribution in [0, 0.1) is 5.92 Å². The number of rotatable bonds is 11. The minimum absolute atomic E-state index is 0.0164. The van der Waals surface area contributed by atoms with E-state index in [1.54, 1.807) is 20.3 Å². The molecule has 2 amide bonds. The maximum absolute atomic E-state index is 13.3. The highest BCUT2D eigenvalue weighted by Crippen LogP contribution is 2.41. The molecule has 11 heteroatoms. The van der Waals surface area contributed by atoms with Gasteiger partial charge in [-0.2, -0.15) is 5.10 Å². The Kier molecular flexibility index (Phi) is 9.18. The second kappa shape index (κ2) is 13.2. The minimum Gasteiger partial charge on any atom is -0.497 e. The number of nitrogens with zero attached hydrogens (tertiary/aromatic N) is 1. The Balaban J connectivity index is 1.21. The summed E-state index contributed by atoms with van der Waals surface area (Å²) in [6.07, 6.45) is 3.34. The van der Waals surface area contributed by atoms with Crippen LogP contribution < -0.4 is 24.8 Å². The van der Waals surface area contributed by atoms with Gasteiger partial charge in [0.2, 0.25) is 5.91 Å². The summed E-state index contributed by atoms with van der Waals surface area (Å²) in [6.45, 7) is 4.04. The number of aromatic amines is 1. The van der Waals surface area contributed by atoms with Crippen LogP contribution in [0.25, 0.3) is 0 Å². The predicted octanol–water partition coefficient (Wildman–Crippen LogP) is 4.94. The summed E-state index contributed by atoms with van der Waals surface area (Å²) in [5.41, 5.74) is 3.85. The van der Waals surface area contributed by atoms with Crippen LogP contribution in [-0.2, 0) is 29.0 Å². The van der Waals surface area contributed by atoms with Crippen molar-refractivity contribution in [2.45, 2.75) is 70.6 Å². The van der Waals surface area contributed by atoms with Gasteiger partial charge in [0.1, 0.15) is 30.0 Å². The summed E-state index contributed by atoms with van der Waals surface area (Å²) >= 11 is 0. The normalized spacial score (nSPS) is 19.0. The van der Waals surface area contributed by atoms with Crippen molar-refractivity contribution in [3.8, 4) is 17.2 Å².